The van der Waals surface area contributed by atoms with Crippen LogP contribution in [-0.4, -0.2) is 23.0 Å². The number of nitrogens with one attached hydrogen (secondary N) is 3. The second-order valence-electron chi connectivity index (χ2n) is 9.74. The lowest BCUT2D eigenvalue weighted by Crippen LogP contribution is -2.30. The molecule has 0 radical (unpaired) electrons. The summed E-state index contributed by atoms with van der Waals surface area (Å²) in [4.78, 5) is 40.3. The van der Waals surface area contributed by atoms with Crippen LogP contribution in [0, 0.1) is 13.8 Å². The molecular formula is C34H32BrN3O3S. The van der Waals surface area contributed by atoms with E-state index < -0.39 is 11.8 Å². The van der Waals surface area contributed by atoms with E-state index >= 15 is 0 Å². The van der Waals surface area contributed by atoms with E-state index in [1.54, 1.807) is 36.4 Å². The lowest BCUT2D eigenvalue weighted by atomic mass is 10.1. The number of carbonyl (C=O) groups excluding carboxylic acids is 3. The maximum Gasteiger partial charge on any atom is 0.272 e. The number of amides is 3. The number of benzene rings is 4. The molecule has 8 heteroatoms. The molecule has 1 unspecified atom stereocenters. The molecular weight excluding hydrogens is 610 g/mol. The van der Waals surface area contributed by atoms with Gasteiger partial charge >= 0.3 is 0 Å². The quantitative estimate of drug-likeness (QED) is 0.121. The molecule has 0 saturated heterocycles. The smallest absolute Gasteiger partial charge is 0.272 e. The highest BCUT2D eigenvalue weighted by Gasteiger charge is 2.20. The summed E-state index contributed by atoms with van der Waals surface area (Å²) in [5, 5.41) is 8.38. The fourth-order valence-corrected chi connectivity index (χ4v) is 5.63. The molecule has 0 spiro atoms. The van der Waals surface area contributed by atoms with Gasteiger partial charge in [-0.2, -0.15) is 0 Å². The van der Waals surface area contributed by atoms with Crippen LogP contribution in [0.15, 0.2) is 112 Å². The van der Waals surface area contributed by atoms with Gasteiger partial charge in [0.2, 0.25) is 5.91 Å². The summed E-state index contributed by atoms with van der Waals surface area (Å²) < 4.78 is 0.849. The SMILES string of the molecule is CCC(Sc1cccc(NC(=O)/C(=C\c2cccc(Br)c2)NC(=O)c2ccccc2)c1)C(=O)Nc1ccc(C)cc1C. The van der Waals surface area contributed by atoms with Crippen molar-refractivity contribution in [2.45, 2.75) is 37.3 Å². The summed E-state index contributed by atoms with van der Waals surface area (Å²) in [5.74, 6) is -0.940. The third-order valence-electron chi connectivity index (χ3n) is 6.36. The van der Waals surface area contributed by atoms with E-state index in [0.717, 1.165) is 31.7 Å². The predicted octanol–water partition coefficient (Wildman–Crippen LogP) is 7.98. The predicted molar refractivity (Wildman–Crippen MR) is 176 cm³/mol. The van der Waals surface area contributed by atoms with Gasteiger partial charge in [0.05, 0.1) is 5.25 Å². The van der Waals surface area contributed by atoms with E-state index in [4.69, 9.17) is 0 Å². The molecule has 0 saturated carbocycles. The van der Waals surface area contributed by atoms with Gasteiger partial charge in [0.25, 0.3) is 11.8 Å². The number of hydrogen-bond donors (Lipinski definition) is 3. The molecule has 3 amide bonds. The van der Waals surface area contributed by atoms with Crippen LogP contribution >= 0.6 is 27.7 Å². The Morgan fingerprint density at radius 3 is 2.33 bits per heavy atom. The van der Waals surface area contributed by atoms with Gasteiger partial charge in [0, 0.05) is 26.3 Å². The average molecular weight is 643 g/mol. The summed E-state index contributed by atoms with van der Waals surface area (Å²) in [6.45, 7) is 5.97. The Hall–Kier alpha value is -4.14. The van der Waals surface area contributed by atoms with Crippen molar-refractivity contribution in [1.82, 2.24) is 5.32 Å². The zero-order valence-electron chi connectivity index (χ0n) is 23.6. The number of anilines is 2. The minimum absolute atomic E-state index is 0.0771. The highest BCUT2D eigenvalue weighted by atomic mass is 79.9. The molecule has 214 valence electrons. The van der Waals surface area contributed by atoms with Gasteiger partial charge in [0.15, 0.2) is 0 Å². The first-order valence-corrected chi connectivity index (χ1v) is 15.2. The first-order valence-electron chi connectivity index (χ1n) is 13.5. The summed E-state index contributed by atoms with van der Waals surface area (Å²) in [7, 11) is 0. The number of rotatable bonds is 10. The van der Waals surface area contributed by atoms with Gasteiger partial charge in [-0.3, -0.25) is 14.4 Å². The van der Waals surface area contributed by atoms with Crippen molar-refractivity contribution in [2.24, 2.45) is 0 Å². The molecule has 4 aromatic carbocycles. The summed E-state index contributed by atoms with van der Waals surface area (Å²) in [5.41, 5.74) is 4.77. The van der Waals surface area contributed by atoms with Crippen LogP contribution in [0.3, 0.4) is 0 Å². The molecule has 3 N–H and O–H groups in total. The fraction of sp³-hybridized carbons (Fsp3) is 0.147. The van der Waals surface area contributed by atoms with Crippen LogP contribution in [-0.2, 0) is 9.59 Å². The number of aryl methyl sites for hydroxylation is 2. The third-order valence-corrected chi connectivity index (χ3v) is 8.21. The molecule has 4 rings (SSSR count). The summed E-state index contributed by atoms with van der Waals surface area (Å²) in [6.07, 6.45) is 2.26. The average Bonchev–Trinajstić information content (AvgIpc) is 2.97. The zero-order chi connectivity index (χ0) is 30.1. The van der Waals surface area contributed by atoms with Gasteiger partial charge in [0.1, 0.15) is 5.70 Å². The van der Waals surface area contributed by atoms with E-state index in [1.165, 1.54) is 11.8 Å². The number of halogens is 1. The Morgan fingerprint density at radius 2 is 1.62 bits per heavy atom. The molecule has 6 nitrogen and oxygen atoms in total. The van der Waals surface area contributed by atoms with Crippen molar-refractivity contribution >= 4 is 62.9 Å². The molecule has 0 bridgehead atoms. The Labute approximate surface area is 259 Å². The highest BCUT2D eigenvalue weighted by molar-refractivity contribution is 9.10. The molecule has 0 aliphatic carbocycles. The van der Waals surface area contributed by atoms with Gasteiger partial charge in [-0.05, 0) is 86.0 Å². The van der Waals surface area contributed by atoms with E-state index in [9.17, 15) is 14.4 Å². The Balaban J connectivity index is 1.50. The number of carbonyl (C=O) groups is 3. The Kier molecular flexibility index (Phi) is 10.8. The van der Waals surface area contributed by atoms with Crippen LogP contribution < -0.4 is 16.0 Å². The monoisotopic (exact) mass is 641 g/mol. The topological polar surface area (TPSA) is 87.3 Å². The molecule has 0 aliphatic heterocycles. The van der Waals surface area contributed by atoms with E-state index in [1.807, 2.05) is 87.5 Å². The zero-order valence-corrected chi connectivity index (χ0v) is 26.0. The van der Waals surface area contributed by atoms with Crippen molar-refractivity contribution in [1.29, 1.82) is 0 Å². The lowest BCUT2D eigenvalue weighted by Gasteiger charge is -2.17. The van der Waals surface area contributed by atoms with Crippen LogP contribution in [0.25, 0.3) is 6.08 Å². The van der Waals surface area contributed by atoms with Crippen LogP contribution in [0.5, 0.6) is 0 Å². The molecule has 0 heterocycles. The van der Waals surface area contributed by atoms with Crippen molar-refractivity contribution in [2.75, 3.05) is 10.6 Å². The second kappa shape index (κ2) is 14.7. The summed E-state index contributed by atoms with van der Waals surface area (Å²) >= 11 is 4.88. The fourth-order valence-electron chi connectivity index (χ4n) is 4.20. The third kappa shape index (κ3) is 8.68. The minimum Gasteiger partial charge on any atom is -0.325 e. The minimum atomic E-state index is -0.471. The Bertz CT molecular complexity index is 1620. The summed E-state index contributed by atoms with van der Waals surface area (Å²) in [6, 6.07) is 29.4. The normalized spacial score (nSPS) is 11.9. The van der Waals surface area contributed by atoms with Crippen molar-refractivity contribution < 1.29 is 14.4 Å². The maximum atomic E-state index is 13.4. The number of hydrogen-bond acceptors (Lipinski definition) is 4. The van der Waals surface area contributed by atoms with E-state index in [0.29, 0.717) is 17.7 Å². The largest absolute Gasteiger partial charge is 0.325 e. The van der Waals surface area contributed by atoms with Crippen molar-refractivity contribution in [3.05, 3.63) is 129 Å². The van der Waals surface area contributed by atoms with Crippen molar-refractivity contribution in [3.8, 4) is 0 Å². The van der Waals surface area contributed by atoms with Crippen LogP contribution in [0.4, 0.5) is 11.4 Å². The molecule has 42 heavy (non-hydrogen) atoms. The van der Waals surface area contributed by atoms with Gasteiger partial charge in [-0.15, -0.1) is 11.8 Å². The molecule has 0 aliphatic rings. The number of thioether (sulfide) groups is 1. The molecule has 0 aromatic heterocycles. The molecule has 1 atom stereocenters. The highest BCUT2D eigenvalue weighted by Crippen LogP contribution is 2.29. The van der Waals surface area contributed by atoms with Crippen molar-refractivity contribution in [3.63, 3.8) is 0 Å². The first kappa shape index (κ1) is 30.8. The van der Waals surface area contributed by atoms with Gasteiger partial charge in [-0.25, -0.2) is 0 Å². The van der Waals surface area contributed by atoms with E-state index in [-0.39, 0.29) is 16.9 Å². The lowest BCUT2D eigenvalue weighted by molar-refractivity contribution is -0.116. The second-order valence-corrected chi connectivity index (χ2v) is 11.9. The van der Waals surface area contributed by atoms with Gasteiger partial charge < -0.3 is 16.0 Å². The van der Waals surface area contributed by atoms with E-state index in [2.05, 4.69) is 31.9 Å². The van der Waals surface area contributed by atoms with Gasteiger partial charge in [-0.1, -0.05) is 76.9 Å². The standard InChI is InChI=1S/C34H32BrN3O3S/c1-4-31(34(41)37-29-17-16-22(2)18-23(29)3)42-28-15-9-14-27(21-28)36-33(40)30(20-24-10-8-13-26(35)19-24)38-32(39)25-11-6-5-7-12-25/h5-21,31H,4H2,1-3H3,(H,36,40)(H,37,41)(H,38,39)/b30-20+. The molecule has 4 aromatic rings. The Morgan fingerprint density at radius 1 is 0.857 bits per heavy atom. The maximum absolute atomic E-state index is 13.4. The first-order chi connectivity index (χ1) is 20.2. The van der Waals surface area contributed by atoms with Crippen LogP contribution in [0.2, 0.25) is 0 Å². The van der Waals surface area contributed by atoms with Crippen LogP contribution in [0.1, 0.15) is 40.4 Å². The molecule has 0 fully saturated rings.